The molecule has 1 aromatic carbocycles. The van der Waals surface area contributed by atoms with Crippen molar-refractivity contribution in [2.24, 2.45) is 10.9 Å². The summed E-state index contributed by atoms with van der Waals surface area (Å²) in [7, 11) is 0. The second-order valence-electron chi connectivity index (χ2n) is 7.00. The number of carbonyl (C=O) groups is 1. The van der Waals surface area contributed by atoms with Gasteiger partial charge in [-0.3, -0.25) is 4.99 Å². The molecule has 0 spiro atoms. The normalized spacial score (nSPS) is 20.8. The Morgan fingerprint density at radius 2 is 2.00 bits per heavy atom. The Morgan fingerprint density at radius 3 is 2.52 bits per heavy atom. The van der Waals surface area contributed by atoms with Gasteiger partial charge in [-0.2, -0.15) is 5.26 Å². The van der Waals surface area contributed by atoms with Gasteiger partial charge in [0.05, 0.1) is 17.6 Å². The third-order valence-electron chi connectivity index (χ3n) is 3.88. The number of nitrogens with zero attached hydrogens (tertiary/aromatic N) is 2. The molecule has 1 unspecified atom stereocenters. The average molecular weight is 363 g/mol. The molecule has 0 saturated carbocycles. The molecule has 2 rings (SSSR count). The Labute approximate surface area is 152 Å². The lowest BCUT2D eigenvalue weighted by Crippen LogP contribution is -2.33. The van der Waals surface area contributed by atoms with Gasteiger partial charge >= 0.3 is 5.97 Å². The third kappa shape index (κ3) is 4.08. The highest BCUT2D eigenvalue weighted by atomic mass is 35.5. The van der Waals surface area contributed by atoms with E-state index in [0.717, 1.165) is 0 Å². The molecule has 1 aliphatic heterocycles. The summed E-state index contributed by atoms with van der Waals surface area (Å²) in [4.78, 5) is 17.1. The Kier molecular flexibility index (Phi) is 5.34. The second kappa shape index (κ2) is 6.97. The molecule has 0 N–H and O–H groups in total. The summed E-state index contributed by atoms with van der Waals surface area (Å²) < 4.78 is 18.9. The summed E-state index contributed by atoms with van der Waals surface area (Å²) in [6.45, 7) is 8.72. The molecule has 1 aromatic rings. The van der Waals surface area contributed by atoms with E-state index in [9.17, 15) is 14.4 Å². The van der Waals surface area contributed by atoms with Crippen LogP contribution < -0.4 is 0 Å². The number of aliphatic imine (C=N–C) groups is 1. The monoisotopic (exact) mass is 362 g/mol. The minimum absolute atomic E-state index is 0.161. The summed E-state index contributed by atoms with van der Waals surface area (Å²) in [6, 6.07) is 6.13. The lowest BCUT2D eigenvalue weighted by atomic mass is 9.76. The number of halogens is 2. The van der Waals surface area contributed by atoms with Gasteiger partial charge in [-0.05, 0) is 52.3 Å². The summed E-state index contributed by atoms with van der Waals surface area (Å²) in [6.07, 6.45) is 0. The minimum atomic E-state index is -0.695. The van der Waals surface area contributed by atoms with Gasteiger partial charge in [0.2, 0.25) is 0 Å². The van der Waals surface area contributed by atoms with Crippen LogP contribution in [0.25, 0.3) is 0 Å². The second-order valence-corrected chi connectivity index (χ2v) is 7.41. The number of ether oxygens (including phenoxy) is 1. The molecule has 0 bridgehead atoms. The van der Waals surface area contributed by atoms with Crippen molar-refractivity contribution in [2.75, 3.05) is 0 Å². The lowest BCUT2D eigenvalue weighted by molar-refractivity contribution is -0.150. The third-order valence-corrected chi connectivity index (χ3v) is 4.21. The molecule has 2 atom stereocenters. The molecular formula is C19H20ClFN2O2. The van der Waals surface area contributed by atoms with Crippen molar-refractivity contribution in [3.8, 4) is 6.07 Å². The van der Waals surface area contributed by atoms with Crippen LogP contribution in [-0.2, 0) is 9.53 Å². The van der Waals surface area contributed by atoms with Crippen molar-refractivity contribution in [2.45, 2.75) is 46.1 Å². The van der Waals surface area contributed by atoms with Crippen molar-refractivity contribution in [3.05, 3.63) is 45.9 Å². The van der Waals surface area contributed by atoms with Gasteiger partial charge < -0.3 is 4.74 Å². The minimum Gasteiger partial charge on any atom is -0.457 e. The van der Waals surface area contributed by atoms with Crippen molar-refractivity contribution >= 4 is 23.3 Å². The first-order valence-electron chi connectivity index (χ1n) is 7.89. The summed E-state index contributed by atoms with van der Waals surface area (Å²) in [5.74, 6) is -2.38. The van der Waals surface area contributed by atoms with Crippen LogP contribution in [0.4, 0.5) is 4.39 Å². The van der Waals surface area contributed by atoms with Crippen molar-refractivity contribution in [1.82, 2.24) is 0 Å². The van der Waals surface area contributed by atoms with Crippen LogP contribution in [-0.4, -0.2) is 17.3 Å². The van der Waals surface area contributed by atoms with Crippen LogP contribution in [0.1, 0.15) is 46.1 Å². The highest BCUT2D eigenvalue weighted by Crippen LogP contribution is 2.42. The zero-order chi connectivity index (χ0) is 18.9. The summed E-state index contributed by atoms with van der Waals surface area (Å²) >= 11 is 6.22. The van der Waals surface area contributed by atoms with E-state index in [1.165, 1.54) is 18.2 Å². The number of hydrogen-bond donors (Lipinski definition) is 0. The SMILES string of the molecule is CC1=NC(C)=C(C(=O)OC(C)(C)C)[C@@H](c2ccc(F)cc2Cl)C1C#N. The van der Waals surface area contributed by atoms with Crippen LogP contribution in [0, 0.1) is 23.1 Å². The maximum Gasteiger partial charge on any atom is 0.337 e. The smallest absolute Gasteiger partial charge is 0.337 e. The molecule has 0 radical (unpaired) electrons. The van der Waals surface area contributed by atoms with Gasteiger partial charge in [0.25, 0.3) is 0 Å². The predicted octanol–water partition coefficient (Wildman–Crippen LogP) is 4.79. The number of benzene rings is 1. The Balaban J connectivity index is 2.64. The number of rotatable bonds is 2. The number of nitriles is 1. The van der Waals surface area contributed by atoms with Gasteiger partial charge in [0, 0.05) is 22.3 Å². The maximum absolute atomic E-state index is 13.4. The van der Waals surface area contributed by atoms with E-state index in [2.05, 4.69) is 11.1 Å². The first-order chi connectivity index (χ1) is 11.5. The van der Waals surface area contributed by atoms with Gasteiger partial charge in [-0.1, -0.05) is 17.7 Å². The molecule has 0 fully saturated rings. The van der Waals surface area contributed by atoms with E-state index in [1.54, 1.807) is 34.6 Å². The van der Waals surface area contributed by atoms with E-state index >= 15 is 0 Å². The highest BCUT2D eigenvalue weighted by molar-refractivity contribution is 6.31. The first kappa shape index (κ1) is 19.1. The van der Waals surface area contributed by atoms with Crippen LogP contribution >= 0.6 is 11.6 Å². The number of carbonyl (C=O) groups excluding carboxylic acids is 1. The fourth-order valence-corrected chi connectivity index (χ4v) is 3.18. The Morgan fingerprint density at radius 1 is 1.36 bits per heavy atom. The van der Waals surface area contributed by atoms with Crippen molar-refractivity contribution in [1.29, 1.82) is 5.26 Å². The predicted molar refractivity (Wildman–Crippen MR) is 94.9 cm³/mol. The van der Waals surface area contributed by atoms with Gasteiger partial charge in [-0.15, -0.1) is 0 Å². The first-order valence-corrected chi connectivity index (χ1v) is 8.27. The Hall–Kier alpha value is -2.19. The number of allylic oxidation sites excluding steroid dienone is 1. The average Bonchev–Trinajstić information content (AvgIpc) is 2.44. The van der Waals surface area contributed by atoms with Crippen LogP contribution in [0.15, 0.2) is 34.5 Å². The van der Waals surface area contributed by atoms with E-state index in [1.807, 2.05) is 0 Å². The zero-order valence-corrected chi connectivity index (χ0v) is 15.6. The molecule has 0 aromatic heterocycles. The zero-order valence-electron chi connectivity index (χ0n) is 14.9. The van der Waals surface area contributed by atoms with Crippen LogP contribution in [0.3, 0.4) is 0 Å². The van der Waals surface area contributed by atoms with E-state index < -0.39 is 29.2 Å². The standard InChI is InChI=1S/C19H20ClFN2O2/c1-10-14(9-22)17(13-7-6-12(21)8-15(13)20)16(11(2)23-10)18(24)25-19(3,4)5/h6-8,14,17H,1-5H3/t14?,17-/m0/s1. The van der Waals surface area contributed by atoms with Gasteiger partial charge in [-0.25, -0.2) is 9.18 Å². The van der Waals surface area contributed by atoms with E-state index in [4.69, 9.17) is 16.3 Å². The highest BCUT2D eigenvalue weighted by Gasteiger charge is 2.39. The van der Waals surface area contributed by atoms with Crippen LogP contribution in [0.2, 0.25) is 5.02 Å². The largest absolute Gasteiger partial charge is 0.457 e. The molecule has 1 aliphatic rings. The molecule has 4 nitrogen and oxygen atoms in total. The van der Waals surface area contributed by atoms with E-state index in [-0.39, 0.29) is 10.6 Å². The fourth-order valence-electron chi connectivity index (χ4n) is 2.89. The van der Waals surface area contributed by atoms with Crippen LogP contribution in [0.5, 0.6) is 0 Å². The molecule has 0 saturated heterocycles. The topological polar surface area (TPSA) is 62.4 Å². The maximum atomic E-state index is 13.4. The number of hydrogen-bond acceptors (Lipinski definition) is 4. The lowest BCUT2D eigenvalue weighted by Gasteiger charge is -2.31. The van der Waals surface area contributed by atoms with Gasteiger partial charge in [0.15, 0.2) is 0 Å². The molecule has 132 valence electrons. The van der Waals surface area contributed by atoms with Gasteiger partial charge in [0.1, 0.15) is 11.4 Å². The van der Waals surface area contributed by atoms with Crippen molar-refractivity contribution in [3.63, 3.8) is 0 Å². The molecule has 1 heterocycles. The molecular weight excluding hydrogens is 343 g/mol. The van der Waals surface area contributed by atoms with E-state index in [0.29, 0.717) is 17.0 Å². The van der Waals surface area contributed by atoms with Crippen molar-refractivity contribution < 1.29 is 13.9 Å². The number of esters is 1. The fraction of sp³-hybridized carbons (Fsp3) is 0.421. The molecule has 6 heteroatoms. The molecule has 25 heavy (non-hydrogen) atoms. The molecule has 0 aliphatic carbocycles. The quantitative estimate of drug-likeness (QED) is 0.710. The molecule has 0 amide bonds. The Bertz CT molecular complexity index is 816. The summed E-state index contributed by atoms with van der Waals surface area (Å²) in [5, 5.41) is 9.80. The summed E-state index contributed by atoms with van der Waals surface area (Å²) in [5.41, 5.74) is 1.14.